The normalized spacial score (nSPS) is 15.1. The van der Waals surface area contributed by atoms with Crippen LogP contribution in [0.15, 0.2) is 29.2 Å². The molecule has 0 spiro atoms. The highest BCUT2D eigenvalue weighted by atomic mass is 32.2. The predicted molar refractivity (Wildman–Crippen MR) is 108 cm³/mol. The Bertz CT molecular complexity index is 933. The largest absolute Gasteiger partial charge is 0.378 e. The Balaban J connectivity index is 1.66. The van der Waals surface area contributed by atoms with Crippen LogP contribution in [0, 0.1) is 6.92 Å². The summed E-state index contributed by atoms with van der Waals surface area (Å²) in [7, 11) is -3.86. The highest BCUT2D eigenvalue weighted by Crippen LogP contribution is 2.26. The number of carbonyl (C=O) groups is 1. The number of nitrogens with one attached hydrogen (secondary N) is 2. The number of hydrogen-bond acceptors (Lipinski definition) is 7. The van der Waals surface area contributed by atoms with Crippen molar-refractivity contribution in [1.82, 2.24) is 15.2 Å². The van der Waals surface area contributed by atoms with Crippen LogP contribution in [0.5, 0.6) is 0 Å². The first-order valence-corrected chi connectivity index (χ1v) is 11.3. The number of rotatable bonds is 6. The van der Waals surface area contributed by atoms with Gasteiger partial charge in [-0.1, -0.05) is 37.3 Å². The molecule has 1 aromatic carbocycles. The van der Waals surface area contributed by atoms with E-state index in [1.54, 1.807) is 19.1 Å². The molecule has 3 rings (SSSR count). The van der Waals surface area contributed by atoms with Gasteiger partial charge >= 0.3 is 0 Å². The molecule has 0 bridgehead atoms. The van der Waals surface area contributed by atoms with Crippen LogP contribution in [0.2, 0.25) is 0 Å². The molecule has 2 heterocycles. The highest BCUT2D eigenvalue weighted by Gasteiger charge is 2.22. The van der Waals surface area contributed by atoms with Gasteiger partial charge in [-0.25, -0.2) is 13.4 Å². The number of nitrogens with zero attached hydrogens (tertiary/aromatic N) is 2. The third kappa shape index (κ3) is 4.69. The molecular formula is C18H24N4O4S2. The number of aryl methyl sites for hydroxylation is 1. The highest BCUT2D eigenvalue weighted by molar-refractivity contribution is 7.89. The van der Waals surface area contributed by atoms with Gasteiger partial charge in [-0.3, -0.25) is 10.2 Å². The Kier molecular flexibility index (Phi) is 6.33. The molecule has 8 nitrogen and oxygen atoms in total. The maximum atomic E-state index is 12.5. The SMILES string of the molecule is Cc1nc(N2CCOCC2)sc1C(=O)NNS(=O)(=O)c1ccc(C(C)C)cc1. The molecule has 1 aliphatic heterocycles. The van der Waals surface area contributed by atoms with Crippen LogP contribution >= 0.6 is 11.3 Å². The van der Waals surface area contributed by atoms with Gasteiger partial charge in [0.05, 0.1) is 23.8 Å². The molecule has 1 amide bonds. The third-order valence-corrected chi connectivity index (χ3v) is 6.91. The van der Waals surface area contributed by atoms with E-state index in [0.29, 0.717) is 42.8 Å². The summed E-state index contributed by atoms with van der Waals surface area (Å²) in [5.41, 5.74) is 3.88. The van der Waals surface area contributed by atoms with Crippen LogP contribution in [-0.4, -0.2) is 45.6 Å². The molecule has 1 fully saturated rings. The molecule has 28 heavy (non-hydrogen) atoms. The molecule has 2 N–H and O–H groups in total. The number of thiazole rings is 1. The van der Waals surface area contributed by atoms with E-state index in [-0.39, 0.29) is 4.90 Å². The van der Waals surface area contributed by atoms with Gasteiger partial charge in [-0.2, -0.15) is 0 Å². The van der Waals surface area contributed by atoms with E-state index < -0.39 is 15.9 Å². The summed E-state index contributed by atoms with van der Waals surface area (Å²) in [5, 5.41) is 0.734. The molecule has 0 aliphatic carbocycles. The monoisotopic (exact) mass is 424 g/mol. The average molecular weight is 425 g/mol. The van der Waals surface area contributed by atoms with Crippen molar-refractivity contribution in [2.24, 2.45) is 0 Å². The fourth-order valence-electron chi connectivity index (χ4n) is 2.74. The van der Waals surface area contributed by atoms with Gasteiger partial charge in [0.2, 0.25) is 0 Å². The molecule has 10 heteroatoms. The van der Waals surface area contributed by atoms with Gasteiger partial charge < -0.3 is 9.64 Å². The maximum absolute atomic E-state index is 12.5. The van der Waals surface area contributed by atoms with E-state index in [1.807, 2.05) is 13.8 Å². The van der Waals surface area contributed by atoms with Gasteiger partial charge in [0.1, 0.15) is 4.88 Å². The van der Waals surface area contributed by atoms with Crippen LogP contribution in [-0.2, 0) is 14.8 Å². The zero-order chi connectivity index (χ0) is 20.3. The van der Waals surface area contributed by atoms with Crippen LogP contribution in [0.3, 0.4) is 0 Å². The van der Waals surface area contributed by atoms with E-state index in [4.69, 9.17) is 4.74 Å². The van der Waals surface area contributed by atoms with Crippen molar-refractivity contribution in [2.45, 2.75) is 31.6 Å². The Labute approximate surface area is 168 Å². The summed E-state index contributed by atoms with van der Waals surface area (Å²) >= 11 is 1.24. The quantitative estimate of drug-likeness (QED) is 0.688. The average Bonchev–Trinajstić information content (AvgIpc) is 3.09. The Morgan fingerprint density at radius 2 is 1.86 bits per heavy atom. The number of morpholine rings is 1. The van der Waals surface area contributed by atoms with Crippen LogP contribution in [0.25, 0.3) is 0 Å². The van der Waals surface area contributed by atoms with Crippen LogP contribution < -0.4 is 15.2 Å². The van der Waals surface area contributed by atoms with Crippen molar-refractivity contribution in [2.75, 3.05) is 31.2 Å². The first-order chi connectivity index (χ1) is 13.3. The second-order valence-electron chi connectivity index (χ2n) is 6.79. The second-order valence-corrected chi connectivity index (χ2v) is 9.45. The number of ether oxygens (including phenoxy) is 1. The van der Waals surface area contributed by atoms with Gasteiger partial charge in [0.15, 0.2) is 5.13 Å². The summed E-state index contributed by atoms with van der Waals surface area (Å²) in [6.45, 7) is 8.47. The Morgan fingerprint density at radius 1 is 1.21 bits per heavy atom. The van der Waals surface area contributed by atoms with E-state index >= 15 is 0 Å². The van der Waals surface area contributed by atoms with Gasteiger partial charge in [0.25, 0.3) is 15.9 Å². The van der Waals surface area contributed by atoms with Crippen molar-refractivity contribution < 1.29 is 17.9 Å². The summed E-state index contributed by atoms with van der Waals surface area (Å²) in [4.78, 5) is 21.6. The first kappa shape index (κ1) is 20.7. The zero-order valence-electron chi connectivity index (χ0n) is 16.1. The summed E-state index contributed by atoms with van der Waals surface area (Å²) in [5.74, 6) is -0.226. The number of aromatic nitrogens is 1. The number of carbonyl (C=O) groups excluding carboxylic acids is 1. The van der Waals surface area contributed by atoms with E-state index in [1.165, 1.54) is 23.5 Å². The smallest absolute Gasteiger partial charge is 0.278 e. The van der Waals surface area contributed by atoms with Crippen molar-refractivity contribution in [1.29, 1.82) is 0 Å². The molecule has 0 unspecified atom stereocenters. The van der Waals surface area contributed by atoms with E-state index in [0.717, 1.165) is 10.7 Å². The molecule has 1 saturated heterocycles. The number of sulfonamides is 1. The molecule has 1 aliphatic rings. The maximum Gasteiger partial charge on any atom is 0.278 e. The standard InChI is InChI=1S/C18H24N4O4S2/c1-12(2)14-4-6-15(7-5-14)28(24,25)21-20-17(23)16-13(3)19-18(27-16)22-8-10-26-11-9-22/h4-7,12,21H,8-11H2,1-3H3,(H,20,23). The predicted octanol–water partition coefficient (Wildman–Crippen LogP) is 2.03. The van der Waals surface area contributed by atoms with Gasteiger partial charge in [-0.05, 0) is 30.5 Å². The van der Waals surface area contributed by atoms with Gasteiger partial charge in [-0.15, -0.1) is 4.83 Å². The van der Waals surface area contributed by atoms with Crippen molar-refractivity contribution >= 4 is 32.4 Å². The number of benzene rings is 1. The molecule has 152 valence electrons. The fourth-order valence-corrected chi connectivity index (χ4v) is 4.60. The summed E-state index contributed by atoms with van der Waals surface area (Å²) in [6, 6.07) is 6.59. The Morgan fingerprint density at radius 3 is 2.46 bits per heavy atom. The minimum Gasteiger partial charge on any atom is -0.378 e. The topological polar surface area (TPSA) is 101 Å². The van der Waals surface area contributed by atoms with Crippen LogP contribution in [0.4, 0.5) is 5.13 Å². The molecule has 1 aromatic heterocycles. The number of hydrazine groups is 1. The Hall–Kier alpha value is -2.01. The minimum absolute atomic E-state index is 0.0900. The molecule has 0 atom stereocenters. The molecule has 0 saturated carbocycles. The third-order valence-electron chi connectivity index (χ3n) is 4.43. The van der Waals surface area contributed by atoms with Crippen molar-refractivity contribution in [3.63, 3.8) is 0 Å². The number of anilines is 1. The van der Waals surface area contributed by atoms with Crippen molar-refractivity contribution in [3.05, 3.63) is 40.4 Å². The molecule has 2 aromatic rings. The lowest BCUT2D eigenvalue weighted by atomic mass is 10.0. The van der Waals surface area contributed by atoms with Crippen LogP contribution in [0.1, 0.15) is 40.7 Å². The number of hydrogen-bond donors (Lipinski definition) is 2. The minimum atomic E-state index is -3.86. The molecular weight excluding hydrogens is 400 g/mol. The zero-order valence-corrected chi connectivity index (χ0v) is 17.7. The lowest BCUT2D eigenvalue weighted by molar-refractivity contribution is 0.0948. The first-order valence-electron chi connectivity index (χ1n) is 9.00. The van der Waals surface area contributed by atoms with Gasteiger partial charge in [0, 0.05) is 13.1 Å². The summed E-state index contributed by atoms with van der Waals surface area (Å²) in [6.07, 6.45) is 0. The lowest BCUT2D eigenvalue weighted by Gasteiger charge is -2.25. The van der Waals surface area contributed by atoms with E-state index in [9.17, 15) is 13.2 Å². The fraction of sp³-hybridized carbons (Fsp3) is 0.444. The summed E-state index contributed by atoms with van der Waals surface area (Å²) < 4.78 is 30.2. The number of amides is 1. The lowest BCUT2D eigenvalue weighted by Crippen LogP contribution is -2.41. The van der Waals surface area contributed by atoms with Crippen molar-refractivity contribution in [3.8, 4) is 0 Å². The molecule has 0 radical (unpaired) electrons. The van der Waals surface area contributed by atoms with E-state index in [2.05, 4.69) is 20.1 Å². The second kappa shape index (κ2) is 8.56.